The normalized spacial score (nSPS) is 27.8. The fourth-order valence-corrected chi connectivity index (χ4v) is 1.41. The second-order valence-corrected chi connectivity index (χ2v) is 3.52. The number of benzene rings is 1. The Morgan fingerprint density at radius 3 is 2.46 bits per heavy atom. The van der Waals surface area contributed by atoms with Gasteiger partial charge in [-0.25, -0.2) is 0 Å². The van der Waals surface area contributed by atoms with Gasteiger partial charge < -0.3 is 9.47 Å². The van der Waals surface area contributed by atoms with E-state index in [0.29, 0.717) is 6.61 Å². The zero-order chi connectivity index (χ0) is 9.26. The minimum Gasteiger partial charge on any atom is -0.346 e. The summed E-state index contributed by atoms with van der Waals surface area (Å²) in [6.07, 6.45) is 0.0573. The molecular formula is C11H14O2. The second kappa shape index (κ2) is 3.48. The highest BCUT2D eigenvalue weighted by molar-refractivity contribution is 5.22. The molecule has 1 fully saturated rings. The Kier molecular flexibility index (Phi) is 2.34. The maximum atomic E-state index is 5.56. The third-order valence-corrected chi connectivity index (χ3v) is 2.19. The molecule has 13 heavy (non-hydrogen) atoms. The minimum absolute atomic E-state index is 0.157. The summed E-state index contributed by atoms with van der Waals surface area (Å²) in [5.74, 6) is 0. The zero-order valence-corrected chi connectivity index (χ0v) is 7.99. The summed E-state index contributed by atoms with van der Waals surface area (Å²) in [6.45, 7) is 4.79. The topological polar surface area (TPSA) is 18.5 Å². The van der Waals surface area contributed by atoms with E-state index in [1.807, 2.05) is 6.92 Å². The number of hydrogen-bond donors (Lipinski definition) is 0. The van der Waals surface area contributed by atoms with Gasteiger partial charge in [-0.1, -0.05) is 29.8 Å². The molecule has 0 bridgehead atoms. The van der Waals surface area contributed by atoms with E-state index in [1.165, 1.54) is 5.56 Å². The molecule has 2 atom stereocenters. The van der Waals surface area contributed by atoms with Crippen LogP contribution in [0.3, 0.4) is 0 Å². The van der Waals surface area contributed by atoms with Crippen LogP contribution in [0.1, 0.15) is 24.3 Å². The van der Waals surface area contributed by atoms with E-state index in [0.717, 1.165) is 5.56 Å². The number of ether oxygens (including phenoxy) is 2. The predicted octanol–water partition coefficient (Wildman–Crippen LogP) is 2.43. The Morgan fingerprint density at radius 2 is 1.92 bits per heavy atom. The van der Waals surface area contributed by atoms with Crippen LogP contribution in [0.5, 0.6) is 0 Å². The zero-order valence-electron chi connectivity index (χ0n) is 7.99. The summed E-state index contributed by atoms with van der Waals surface area (Å²) in [5, 5.41) is 0. The van der Waals surface area contributed by atoms with Crippen LogP contribution < -0.4 is 0 Å². The third-order valence-electron chi connectivity index (χ3n) is 2.19. The summed E-state index contributed by atoms with van der Waals surface area (Å²) in [7, 11) is 0. The largest absolute Gasteiger partial charge is 0.346 e. The predicted molar refractivity (Wildman–Crippen MR) is 50.4 cm³/mol. The number of aryl methyl sites for hydroxylation is 1. The molecule has 0 radical (unpaired) electrons. The van der Waals surface area contributed by atoms with Crippen LogP contribution in [0.15, 0.2) is 24.3 Å². The molecule has 0 saturated carbocycles. The fourth-order valence-electron chi connectivity index (χ4n) is 1.41. The molecule has 0 aliphatic carbocycles. The van der Waals surface area contributed by atoms with E-state index < -0.39 is 0 Å². The lowest BCUT2D eigenvalue weighted by atomic mass is 10.1. The molecule has 2 nitrogen and oxygen atoms in total. The average Bonchev–Trinajstić information content (AvgIpc) is 2.53. The molecule has 1 aliphatic rings. The molecule has 1 aliphatic heterocycles. The van der Waals surface area contributed by atoms with Crippen molar-refractivity contribution in [2.75, 3.05) is 6.61 Å². The second-order valence-electron chi connectivity index (χ2n) is 3.52. The minimum atomic E-state index is -0.157. The Hall–Kier alpha value is -0.860. The van der Waals surface area contributed by atoms with Gasteiger partial charge in [-0.3, -0.25) is 0 Å². The third kappa shape index (κ3) is 1.90. The lowest BCUT2D eigenvalue weighted by molar-refractivity contribution is -0.0572. The van der Waals surface area contributed by atoms with Crippen molar-refractivity contribution in [1.29, 1.82) is 0 Å². The first-order valence-electron chi connectivity index (χ1n) is 4.59. The van der Waals surface area contributed by atoms with Crippen molar-refractivity contribution >= 4 is 0 Å². The SMILES string of the molecule is Cc1ccc(C2OCC(C)O2)cc1. The molecule has 2 heteroatoms. The fraction of sp³-hybridized carbons (Fsp3) is 0.455. The average molecular weight is 178 g/mol. The van der Waals surface area contributed by atoms with E-state index >= 15 is 0 Å². The van der Waals surface area contributed by atoms with Gasteiger partial charge in [0.05, 0.1) is 12.7 Å². The maximum absolute atomic E-state index is 5.56. The van der Waals surface area contributed by atoms with Crippen LogP contribution in [0.25, 0.3) is 0 Å². The first-order valence-corrected chi connectivity index (χ1v) is 4.59. The lowest BCUT2D eigenvalue weighted by Gasteiger charge is -2.09. The van der Waals surface area contributed by atoms with Gasteiger partial charge in [0.1, 0.15) is 0 Å². The van der Waals surface area contributed by atoms with Crippen LogP contribution in [-0.4, -0.2) is 12.7 Å². The van der Waals surface area contributed by atoms with Crippen molar-refractivity contribution in [1.82, 2.24) is 0 Å². The molecule has 1 aromatic rings. The number of hydrogen-bond acceptors (Lipinski definition) is 2. The van der Waals surface area contributed by atoms with Gasteiger partial charge in [-0.15, -0.1) is 0 Å². The Balaban J connectivity index is 2.13. The monoisotopic (exact) mass is 178 g/mol. The molecule has 1 heterocycles. The summed E-state index contributed by atoms with van der Waals surface area (Å²) >= 11 is 0. The van der Waals surface area contributed by atoms with Crippen LogP contribution in [0, 0.1) is 6.92 Å². The molecule has 70 valence electrons. The summed E-state index contributed by atoms with van der Waals surface area (Å²) < 4.78 is 11.0. The van der Waals surface area contributed by atoms with Gasteiger partial charge in [0.25, 0.3) is 0 Å². The molecule has 0 N–H and O–H groups in total. The van der Waals surface area contributed by atoms with Gasteiger partial charge in [-0.2, -0.15) is 0 Å². The Labute approximate surface area is 78.5 Å². The van der Waals surface area contributed by atoms with Crippen molar-refractivity contribution < 1.29 is 9.47 Å². The molecule has 1 saturated heterocycles. The summed E-state index contributed by atoms with van der Waals surface area (Å²) in [6, 6.07) is 8.26. The van der Waals surface area contributed by atoms with Crippen LogP contribution in [0.4, 0.5) is 0 Å². The van der Waals surface area contributed by atoms with Gasteiger partial charge >= 0.3 is 0 Å². The highest BCUT2D eigenvalue weighted by Crippen LogP contribution is 2.26. The van der Waals surface area contributed by atoms with E-state index in [2.05, 4.69) is 31.2 Å². The number of rotatable bonds is 1. The van der Waals surface area contributed by atoms with Crippen LogP contribution >= 0.6 is 0 Å². The highest BCUT2D eigenvalue weighted by Gasteiger charge is 2.23. The highest BCUT2D eigenvalue weighted by atomic mass is 16.7. The standard InChI is InChI=1S/C11H14O2/c1-8-3-5-10(6-4-8)11-12-7-9(2)13-11/h3-6,9,11H,7H2,1-2H3. The van der Waals surface area contributed by atoms with Crippen molar-refractivity contribution in [2.24, 2.45) is 0 Å². The molecule has 1 aromatic carbocycles. The van der Waals surface area contributed by atoms with Crippen LogP contribution in [0.2, 0.25) is 0 Å². The molecule has 2 unspecified atom stereocenters. The molecule has 0 amide bonds. The van der Waals surface area contributed by atoms with E-state index in [4.69, 9.17) is 9.47 Å². The van der Waals surface area contributed by atoms with E-state index in [9.17, 15) is 0 Å². The Morgan fingerprint density at radius 1 is 1.23 bits per heavy atom. The van der Waals surface area contributed by atoms with Crippen LogP contribution in [-0.2, 0) is 9.47 Å². The summed E-state index contributed by atoms with van der Waals surface area (Å²) in [4.78, 5) is 0. The summed E-state index contributed by atoms with van der Waals surface area (Å²) in [5.41, 5.74) is 2.37. The van der Waals surface area contributed by atoms with Crippen molar-refractivity contribution in [3.63, 3.8) is 0 Å². The Bertz CT molecular complexity index is 279. The van der Waals surface area contributed by atoms with Crippen molar-refractivity contribution in [3.8, 4) is 0 Å². The first kappa shape index (κ1) is 8.73. The first-order chi connectivity index (χ1) is 6.25. The molecule has 0 spiro atoms. The van der Waals surface area contributed by atoms with E-state index in [-0.39, 0.29) is 12.4 Å². The maximum Gasteiger partial charge on any atom is 0.184 e. The molecule has 2 rings (SSSR count). The van der Waals surface area contributed by atoms with Gasteiger partial charge in [-0.05, 0) is 13.8 Å². The smallest absolute Gasteiger partial charge is 0.184 e. The lowest BCUT2D eigenvalue weighted by Crippen LogP contribution is -2.02. The molecule has 0 aromatic heterocycles. The van der Waals surface area contributed by atoms with Crippen molar-refractivity contribution in [2.45, 2.75) is 26.2 Å². The van der Waals surface area contributed by atoms with Gasteiger partial charge in [0.15, 0.2) is 6.29 Å². The molecular weight excluding hydrogens is 164 g/mol. The quantitative estimate of drug-likeness (QED) is 0.657. The van der Waals surface area contributed by atoms with Crippen molar-refractivity contribution in [3.05, 3.63) is 35.4 Å². The van der Waals surface area contributed by atoms with E-state index in [1.54, 1.807) is 0 Å². The van der Waals surface area contributed by atoms with Gasteiger partial charge in [0.2, 0.25) is 0 Å². The van der Waals surface area contributed by atoms with Gasteiger partial charge in [0, 0.05) is 5.56 Å².